The molecule has 22 heavy (non-hydrogen) atoms. The highest BCUT2D eigenvalue weighted by Crippen LogP contribution is 2.19. The standard InChI is InChI=1S/C15H18N2O4.ClH/c16-7-1-2-8-17-14(18)10-20-12-5-3-11-4-6-15(19)21-13(11)9-12;/h3-6,9H,1-2,7-8,10,16H2,(H,17,18);1H. The van der Waals surface area contributed by atoms with Crippen molar-refractivity contribution in [2.24, 2.45) is 5.73 Å². The second kappa shape index (κ2) is 9.07. The van der Waals surface area contributed by atoms with Crippen molar-refractivity contribution in [1.29, 1.82) is 0 Å². The molecule has 1 amide bonds. The number of carbonyl (C=O) groups is 1. The summed E-state index contributed by atoms with van der Waals surface area (Å²) in [5.41, 5.74) is 5.38. The topological polar surface area (TPSA) is 94.6 Å². The van der Waals surface area contributed by atoms with Gasteiger partial charge in [-0.15, -0.1) is 12.4 Å². The number of amides is 1. The van der Waals surface area contributed by atoms with E-state index in [4.69, 9.17) is 14.9 Å². The van der Waals surface area contributed by atoms with Crippen LogP contribution in [-0.2, 0) is 4.79 Å². The van der Waals surface area contributed by atoms with E-state index in [1.165, 1.54) is 6.07 Å². The number of hydrogen-bond donors (Lipinski definition) is 2. The lowest BCUT2D eigenvalue weighted by molar-refractivity contribution is -0.123. The largest absolute Gasteiger partial charge is 0.484 e. The SMILES string of the molecule is Cl.NCCCCNC(=O)COc1ccc2ccc(=O)oc2c1. The van der Waals surface area contributed by atoms with E-state index < -0.39 is 5.63 Å². The van der Waals surface area contributed by atoms with E-state index >= 15 is 0 Å². The van der Waals surface area contributed by atoms with Gasteiger partial charge in [-0.1, -0.05) is 0 Å². The summed E-state index contributed by atoms with van der Waals surface area (Å²) in [5, 5.41) is 3.54. The van der Waals surface area contributed by atoms with Crippen LogP contribution in [0, 0.1) is 0 Å². The fourth-order valence-electron chi connectivity index (χ4n) is 1.83. The normalized spacial score (nSPS) is 10.0. The maximum absolute atomic E-state index is 11.6. The van der Waals surface area contributed by atoms with E-state index in [0.717, 1.165) is 18.2 Å². The molecule has 0 saturated heterocycles. The Morgan fingerprint density at radius 2 is 2.00 bits per heavy atom. The first-order chi connectivity index (χ1) is 10.2. The van der Waals surface area contributed by atoms with Crippen LogP contribution in [-0.4, -0.2) is 25.6 Å². The predicted octanol–water partition coefficient (Wildman–Crippen LogP) is 1.45. The minimum atomic E-state index is -0.419. The number of benzene rings is 1. The fraction of sp³-hybridized carbons (Fsp3) is 0.333. The Labute approximate surface area is 134 Å². The van der Waals surface area contributed by atoms with Crippen molar-refractivity contribution in [2.75, 3.05) is 19.7 Å². The minimum Gasteiger partial charge on any atom is -0.484 e. The van der Waals surface area contributed by atoms with Crippen LogP contribution in [0.1, 0.15) is 12.8 Å². The molecule has 0 bridgehead atoms. The summed E-state index contributed by atoms with van der Waals surface area (Å²) >= 11 is 0. The molecule has 1 aromatic carbocycles. The van der Waals surface area contributed by atoms with Crippen LogP contribution in [0.4, 0.5) is 0 Å². The van der Waals surface area contributed by atoms with Crippen LogP contribution < -0.4 is 21.4 Å². The van der Waals surface area contributed by atoms with Crippen molar-refractivity contribution in [2.45, 2.75) is 12.8 Å². The van der Waals surface area contributed by atoms with Gasteiger partial charge >= 0.3 is 5.63 Å². The van der Waals surface area contributed by atoms with Crippen molar-refractivity contribution in [3.05, 3.63) is 40.8 Å². The van der Waals surface area contributed by atoms with Gasteiger partial charge in [0.2, 0.25) is 0 Å². The van der Waals surface area contributed by atoms with Crippen LogP contribution in [0.5, 0.6) is 5.75 Å². The minimum absolute atomic E-state index is 0. The number of hydrogen-bond acceptors (Lipinski definition) is 5. The lowest BCUT2D eigenvalue weighted by Gasteiger charge is -2.07. The Morgan fingerprint density at radius 1 is 1.23 bits per heavy atom. The third kappa shape index (κ3) is 5.38. The first kappa shape index (κ1) is 18.0. The van der Waals surface area contributed by atoms with Gasteiger partial charge in [0, 0.05) is 24.1 Å². The van der Waals surface area contributed by atoms with Crippen molar-refractivity contribution < 1.29 is 13.9 Å². The summed E-state index contributed by atoms with van der Waals surface area (Å²) in [4.78, 5) is 22.7. The van der Waals surface area contributed by atoms with Crippen molar-refractivity contribution in [3.63, 3.8) is 0 Å². The fourth-order valence-corrected chi connectivity index (χ4v) is 1.83. The average molecular weight is 327 g/mol. The summed E-state index contributed by atoms with van der Waals surface area (Å²) < 4.78 is 10.4. The number of unbranched alkanes of at least 4 members (excludes halogenated alkanes) is 1. The number of carbonyl (C=O) groups excluding carboxylic acids is 1. The maximum atomic E-state index is 11.6. The van der Waals surface area contributed by atoms with Crippen LogP contribution in [0.25, 0.3) is 11.0 Å². The van der Waals surface area contributed by atoms with Crippen molar-refractivity contribution in [3.8, 4) is 5.75 Å². The lowest BCUT2D eigenvalue weighted by atomic mass is 10.2. The zero-order valence-electron chi connectivity index (χ0n) is 12.0. The highest BCUT2D eigenvalue weighted by atomic mass is 35.5. The Kier molecular flexibility index (Phi) is 7.42. The lowest BCUT2D eigenvalue weighted by Crippen LogP contribution is -2.29. The number of nitrogens with one attached hydrogen (secondary N) is 1. The van der Waals surface area contributed by atoms with Crippen molar-refractivity contribution >= 4 is 29.3 Å². The summed E-state index contributed by atoms with van der Waals surface area (Å²) in [7, 11) is 0. The molecule has 7 heteroatoms. The third-order valence-corrected chi connectivity index (χ3v) is 2.92. The molecule has 3 N–H and O–H groups in total. The molecule has 0 spiro atoms. The molecular formula is C15H19ClN2O4. The van der Waals surface area contributed by atoms with Crippen LogP contribution in [0.3, 0.4) is 0 Å². The molecule has 0 aliphatic rings. The van der Waals surface area contributed by atoms with Gasteiger partial charge in [0.05, 0.1) is 0 Å². The van der Waals surface area contributed by atoms with Crippen LogP contribution >= 0.6 is 12.4 Å². The van der Waals surface area contributed by atoms with Crippen molar-refractivity contribution in [1.82, 2.24) is 5.32 Å². The molecule has 120 valence electrons. The van der Waals surface area contributed by atoms with Gasteiger partial charge in [0.25, 0.3) is 5.91 Å². The Balaban J connectivity index is 0.00000242. The molecule has 1 aromatic heterocycles. The Bertz CT molecular complexity index is 672. The third-order valence-electron chi connectivity index (χ3n) is 2.92. The zero-order valence-corrected chi connectivity index (χ0v) is 12.9. The first-order valence-corrected chi connectivity index (χ1v) is 6.82. The van der Waals surface area contributed by atoms with Gasteiger partial charge in [-0.3, -0.25) is 4.79 Å². The highest BCUT2D eigenvalue weighted by Gasteiger charge is 2.04. The van der Waals surface area contributed by atoms with Gasteiger partial charge in [-0.05, 0) is 37.6 Å². The Hall–Kier alpha value is -2.05. The molecule has 0 saturated carbocycles. The molecule has 6 nitrogen and oxygen atoms in total. The molecule has 0 atom stereocenters. The van der Waals surface area contributed by atoms with Gasteiger partial charge < -0.3 is 20.2 Å². The Morgan fingerprint density at radius 3 is 2.77 bits per heavy atom. The number of fused-ring (bicyclic) bond motifs is 1. The molecule has 0 radical (unpaired) electrons. The second-order valence-corrected chi connectivity index (χ2v) is 4.59. The van der Waals surface area contributed by atoms with E-state index in [1.807, 2.05) is 0 Å². The summed E-state index contributed by atoms with van der Waals surface area (Å²) in [5.74, 6) is 0.288. The molecule has 2 aromatic rings. The molecular weight excluding hydrogens is 308 g/mol. The van der Waals surface area contributed by atoms with E-state index in [2.05, 4.69) is 5.32 Å². The summed E-state index contributed by atoms with van der Waals surface area (Å²) in [6.45, 7) is 1.13. The summed E-state index contributed by atoms with van der Waals surface area (Å²) in [6.07, 6.45) is 1.73. The van der Waals surface area contributed by atoms with Gasteiger partial charge in [-0.25, -0.2) is 4.79 Å². The molecule has 0 unspecified atom stereocenters. The average Bonchev–Trinajstić information content (AvgIpc) is 2.49. The van der Waals surface area contributed by atoms with E-state index in [0.29, 0.717) is 24.4 Å². The van der Waals surface area contributed by atoms with Crippen LogP contribution in [0.15, 0.2) is 39.5 Å². The summed E-state index contributed by atoms with van der Waals surface area (Å²) in [6, 6.07) is 8.13. The van der Waals surface area contributed by atoms with E-state index in [1.54, 1.807) is 24.3 Å². The predicted molar refractivity (Wildman–Crippen MR) is 86.5 cm³/mol. The molecule has 0 aliphatic carbocycles. The maximum Gasteiger partial charge on any atom is 0.336 e. The molecule has 0 aliphatic heterocycles. The monoisotopic (exact) mass is 326 g/mol. The van der Waals surface area contributed by atoms with E-state index in [-0.39, 0.29) is 24.9 Å². The van der Waals surface area contributed by atoms with Gasteiger partial charge in [0.15, 0.2) is 6.61 Å². The quantitative estimate of drug-likeness (QED) is 0.593. The highest BCUT2D eigenvalue weighted by molar-refractivity contribution is 5.85. The smallest absolute Gasteiger partial charge is 0.336 e. The molecule has 0 fully saturated rings. The molecule has 2 rings (SSSR count). The van der Waals surface area contributed by atoms with E-state index in [9.17, 15) is 9.59 Å². The first-order valence-electron chi connectivity index (χ1n) is 6.82. The second-order valence-electron chi connectivity index (χ2n) is 4.59. The number of ether oxygens (including phenoxy) is 1. The zero-order chi connectivity index (χ0) is 15.1. The van der Waals surface area contributed by atoms with Crippen LogP contribution in [0.2, 0.25) is 0 Å². The number of rotatable bonds is 7. The number of nitrogens with two attached hydrogens (primary N) is 1. The van der Waals surface area contributed by atoms with Gasteiger partial charge in [-0.2, -0.15) is 0 Å². The number of halogens is 1. The van der Waals surface area contributed by atoms with Gasteiger partial charge in [0.1, 0.15) is 11.3 Å². The molecule has 1 heterocycles.